The fraction of sp³-hybridized carbons (Fsp3) is 0.214. The molecule has 1 aromatic heterocycles. The predicted octanol–water partition coefficient (Wildman–Crippen LogP) is 1.61. The van der Waals surface area contributed by atoms with Crippen molar-refractivity contribution in [2.45, 2.75) is 20.4 Å². The fourth-order valence-electron chi connectivity index (χ4n) is 1.85. The van der Waals surface area contributed by atoms with Crippen LogP contribution >= 0.6 is 0 Å². The van der Waals surface area contributed by atoms with Crippen molar-refractivity contribution >= 4 is 5.97 Å². The Bertz CT molecular complexity index is 689. The van der Waals surface area contributed by atoms with E-state index < -0.39 is 18.1 Å². The van der Waals surface area contributed by atoms with Gasteiger partial charge in [-0.05, 0) is 31.5 Å². The van der Waals surface area contributed by atoms with E-state index in [1.165, 1.54) is 6.07 Å². The molecule has 0 fully saturated rings. The summed E-state index contributed by atoms with van der Waals surface area (Å²) in [6.07, 6.45) is 0. The lowest BCUT2D eigenvalue weighted by Gasteiger charge is -2.08. The van der Waals surface area contributed by atoms with Crippen LogP contribution in [0.1, 0.15) is 11.1 Å². The lowest BCUT2D eigenvalue weighted by molar-refractivity contribution is -0.138. The molecule has 0 amide bonds. The van der Waals surface area contributed by atoms with Crippen LogP contribution in [0.5, 0.6) is 0 Å². The van der Waals surface area contributed by atoms with Crippen molar-refractivity contribution in [3.63, 3.8) is 0 Å². The van der Waals surface area contributed by atoms with Crippen molar-refractivity contribution in [3.05, 3.63) is 51.8 Å². The molecule has 0 aliphatic heterocycles. The molecule has 5 heteroatoms. The molecule has 0 radical (unpaired) electrons. The molecule has 1 aromatic carbocycles. The molecule has 0 saturated carbocycles. The van der Waals surface area contributed by atoms with Crippen LogP contribution < -0.4 is 5.56 Å². The number of carbonyl (C=O) groups is 1. The van der Waals surface area contributed by atoms with Gasteiger partial charge in [-0.25, -0.2) is 4.68 Å². The first-order valence-electron chi connectivity index (χ1n) is 5.85. The minimum absolute atomic E-state index is 0.420. The average molecular weight is 258 g/mol. The summed E-state index contributed by atoms with van der Waals surface area (Å²) in [5.41, 5.74) is 3.19. The average Bonchev–Trinajstić information content (AvgIpc) is 2.34. The number of hydrogen-bond acceptors (Lipinski definition) is 3. The van der Waals surface area contributed by atoms with Crippen LogP contribution in [0.15, 0.2) is 35.1 Å². The predicted molar refractivity (Wildman–Crippen MR) is 71.0 cm³/mol. The molecule has 19 heavy (non-hydrogen) atoms. The van der Waals surface area contributed by atoms with Crippen LogP contribution in [0.2, 0.25) is 0 Å². The van der Waals surface area contributed by atoms with E-state index >= 15 is 0 Å². The van der Waals surface area contributed by atoms with Crippen molar-refractivity contribution in [2.75, 3.05) is 0 Å². The first-order valence-corrected chi connectivity index (χ1v) is 5.85. The number of aliphatic carboxylic acids is 1. The Morgan fingerprint density at radius 2 is 2.00 bits per heavy atom. The SMILES string of the molecule is Cc1ccc(C)c(-c2ccc(=O)n(CC(=O)O)n2)c1. The van der Waals surface area contributed by atoms with Gasteiger partial charge in [0.2, 0.25) is 0 Å². The highest BCUT2D eigenvalue weighted by molar-refractivity contribution is 5.67. The standard InChI is InChI=1S/C14H14N2O3/c1-9-3-4-10(2)11(7-9)12-5-6-13(17)16(15-12)8-14(18)19/h3-7H,8H2,1-2H3,(H,18,19). The van der Waals surface area contributed by atoms with Crippen LogP contribution in [0.25, 0.3) is 11.3 Å². The molecule has 0 bridgehead atoms. The van der Waals surface area contributed by atoms with Gasteiger partial charge in [0.1, 0.15) is 6.54 Å². The number of aryl methyl sites for hydroxylation is 2. The quantitative estimate of drug-likeness (QED) is 0.907. The van der Waals surface area contributed by atoms with Crippen LogP contribution in [-0.4, -0.2) is 20.9 Å². The molecule has 1 heterocycles. The Kier molecular flexibility index (Phi) is 3.46. The third-order valence-corrected chi connectivity index (χ3v) is 2.82. The van der Waals surface area contributed by atoms with Crippen LogP contribution in [0.4, 0.5) is 0 Å². The first kappa shape index (κ1) is 13.0. The number of aromatic nitrogens is 2. The Hall–Kier alpha value is -2.43. The molecule has 0 aliphatic carbocycles. The molecule has 2 aromatic rings. The summed E-state index contributed by atoms with van der Waals surface area (Å²) in [5, 5.41) is 12.9. The maximum atomic E-state index is 11.5. The minimum Gasteiger partial charge on any atom is -0.480 e. The molecule has 98 valence electrons. The van der Waals surface area contributed by atoms with E-state index in [1.807, 2.05) is 32.0 Å². The van der Waals surface area contributed by atoms with Gasteiger partial charge >= 0.3 is 5.97 Å². The minimum atomic E-state index is -1.09. The largest absolute Gasteiger partial charge is 0.480 e. The van der Waals surface area contributed by atoms with E-state index in [4.69, 9.17) is 5.11 Å². The van der Waals surface area contributed by atoms with Gasteiger partial charge in [-0.1, -0.05) is 17.7 Å². The maximum absolute atomic E-state index is 11.5. The molecule has 0 atom stereocenters. The van der Waals surface area contributed by atoms with Crippen molar-refractivity contribution < 1.29 is 9.90 Å². The van der Waals surface area contributed by atoms with Gasteiger partial charge in [-0.3, -0.25) is 9.59 Å². The highest BCUT2D eigenvalue weighted by Gasteiger charge is 2.08. The summed E-state index contributed by atoms with van der Waals surface area (Å²) < 4.78 is 0.958. The van der Waals surface area contributed by atoms with Gasteiger partial charge in [0.05, 0.1) is 5.69 Å². The smallest absolute Gasteiger partial charge is 0.325 e. The van der Waals surface area contributed by atoms with E-state index in [1.54, 1.807) is 6.07 Å². The summed E-state index contributed by atoms with van der Waals surface area (Å²) in [7, 11) is 0. The molecule has 5 nitrogen and oxygen atoms in total. The van der Waals surface area contributed by atoms with Crippen molar-refractivity contribution in [1.29, 1.82) is 0 Å². The zero-order valence-electron chi connectivity index (χ0n) is 10.8. The normalized spacial score (nSPS) is 10.4. The topological polar surface area (TPSA) is 72.2 Å². The molecule has 0 saturated heterocycles. The molecular formula is C14H14N2O3. The Morgan fingerprint density at radius 3 is 2.68 bits per heavy atom. The second-order valence-corrected chi connectivity index (χ2v) is 4.43. The Balaban J connectivity index is 2.54. The maximum Gasteiger partial charge on any atom is 0.325 e. The van der Waals surface area contributed by atoms with Crippen molar-refractivity contribution in [1.82, 2.24) is 9.78 Å². The van der Waals surface area contributed by atoms with Crippen LogP contribution in [-0.2, 0) is 11.3 Å². The highest BCUT2D eigenvalue weighted by atomic mass is 16.4. The second kappa shape index (κ2) is 5.06. The monoisotopic (exact) mass is 258 g/mol. The summed E-state index contributed by atoms with van der Waals surface area (Å²) in [6.45, 7) is 3.48. The summed E-state index contributed by atoms with van der Waals surface area (Å²) in [5.74, 6) is -1.09. The van der Waals surface area contributed by atoms with Gasteiger partial charge in [-0.2, -0.15) is 5.10 Å². The summed E-state index contributed by atoms with van der Waals surface area (Å²) >= 11 is 0. The molecule has 0 unspecified atom stereocenters. The third kappa shape index (κ3) is 2.88. The van der Waals surface area contributed by atoms with Gasteiger partial charge < -0.3 is 5.11 Å². The number of nitrogens with zero attached hydrogens (tertiary/aromatic N) is 2. The lowest BCUT2D eigenvalue weighted by atomic mass is 10.0. The Labute approximate surface area is 110 Å². The molecule has 2 rings (SSSR count). The fourth-order valence-corrected chi connectivity index (χ4v) is 1.85. The van der Waals surface area contributed by atoms with Crippen LogP contribution in [0, 0.1) is 13.8 Å². The lowest BCUT2D eigenvalue weighted by Crippen LogP contribution is -2.26. The van der Waals surface area contributed by atoms with Crippen molar-refractivity contribution in [3.8, 4) is 11.3 Å². The van der Waals surface area contributed by atoms with Gasteiger partial charge in [-0.15, -0.1) is 0 Å². The van der Waals surface area contributed by atoms with Gasteiger partial charge in [0.25, 0.3) is 5.56 Å². The molecular weight excluding hydrogens is 244 g/mol. The molecule has 0 spiro atoms. The molecule has 1 N–H and O–H groups in total. The third-order valence-electron chi connectivity index (χ3n) is 2.82. The summed E-state index contributed by atoms with van der Waals surface area (Å²) in [6, 6.07) is 8.88. The van der Waals surface area contributed by atoms with Gasteiger partial charge in [0.15, 0.2) is 0 Å². The number of rotatable bonds is 3. The highest BCUT2D eigenvalue weighted by Crippen LogP contribution is 2.21. The summed E-state index contributed by atoms with van der Waals surface area (Å²) in [4.78, 5) is 22.2. The first-order chi connectivity index (χ1) is 8.97. The van der Waals surface area contributed by atoms with Gasteiger partial charge in [0, 0.05) is 11.6 Å². The van der Waals surface area contributed by atoms with E-state index in [9.17, 15) is 9.59 Å². The van der Waals surface area contributed by atoms with E-state index in [0.29, 0.717) is 5.69 Å². The van der Waals surface area contributed by atoms with E-state index in [0.717, 1.165) is 21.4 Å². The van der Waals surface area contributed by atoms with E-state index in [-0.39, 0.29) is 0 Å². The van der Waals surface area contributed by atoms with E-state index in [2.05, 4.69) is 5.10 Å². The number of benzene rings is 1. The zero-order chi connectivity index (χ0) is 14.0. The molecule has 0 aliphatic rings. The van der Waals surface area contributed by atoms with Crippen molar-refractivity contribution in [2.24, 2.45) is 0 Å². The number of carboxylic acid groups (broad SMARTS) is 1. The zero-order valence-corrected chi connectivity index (χ0v) is 10.8. The Morgan fingerprint density at radius 1 is 1.26 bits per heavy atom. The number of carboxylic acids is 1. The second-order valence-electron chi connectivity index (χ2n) is 4.43. The number of hydrogen-bond donors (Lipinski definition) is 1. The van der Waals surface area contributed by atoms with Crippen LogP contribution in [0.3, 0.4) is 0 Å².